The van der Waals surface area contributed by atoms with Crippen molar-refractivity contribution in [3.63, 3.8) is 0 Å². The number of nitrogens with one attached hydrogen (secondary N) is 1. The number of carboxylic acid groups (broad SMARTS) is 1. The summed E-state index contributed by atoms with van der Waals surface area (Å²) in [7, 11) is 1.31. The highest BCUT2D eigenvalue weighted by molar-refractivity contribution is 6.09. The molecule has 0 aliphatic carbocycles. The van der Waals surface area contributed by atoms with Crippen LogP contribution < -0.4 is 10.1 Å². The number of aliphatic carboxylic acids is 1. The van der Waals surface area contributed by atoms with Gasteiger partial charge in [-0.05, 0) is 60.6 Å². The third kappa shape index (κ3) is 7.80. The molecule has 0 radical (unpaired) electrons. The lowest BCUT2D eigenvalue weighted by atomic mass is 9.97. The first-order valence-corrected chi connectivity index (χ1v) is 15.1. The summed E-state index contributed by atoms with van der Waals surface area (Å²) in [5, 5.41) is 12.2. The molecule has 4 rings (SSSR count). The Morgan fingerprint density at radius 2 is 1.61 bits per heavy atom. The largest absolute Gasteiger partial charge is 0.494 e. The van der Waals surface area contributed by atoms with Crippen LogP contribution >= 0.6 is 0 Å². The number of hydrogen-bond acceptors (Lipinski definition) is 5. The zero-order chi connectivity index (χ0) is 33.6. The SMILES string of the molecule is COc1ccc(C(CC(=O)O)NC(=O)C(CC(C)C)N2C(=O)N(Cc3ccc(C=Cc4ccccc4)cc3)C(C)(C)C2=O)cc1F. The van der Waals surface area contributed by atoms with Crippen LogP contribution in [0.4, 0.5) is 9.18 Å². The van der Waals surface area contributed by atoms with E-state index in [0.29, 0.717) is 0 Å². The lowest BCUT2D eigenvalue weighted by Crippen LogP contribution is -2.52. The number of methoxy groups -OCH3 is 1. The number of amides is 4. The van der Waals surface area contributed by atoms with Crippen LogP contribution in [0.15, 0.2) is 72.8 Å². The van der Waals surface area contributed by atoms with Crippen molar-refractivity contribution in [1.82, 2.24) is 15.1 Å². The zero-order valence-corrected chi connectivity index (χ0v) is 26.7. The van der Waals surface area contributed by atoms with Crippen molar-refractivity contribution in [3.8, 4) is 5.75 Å². The third-order valence-corrected chi connectivity index (χ3v) is 8.02. The maximum Gasteiger partial charge on any atom is 0.328 e. The number of carbonyl (C=O) groups excluding carboxylic acids is 3. The highest BCUT2D eigenvalue weighted by Crippen LogP contribution is 2.33. The fourth-order valence-electron chi connectivity index (χ4n) is 5.45. The molecule has 46 heavy (non-hydrogen) atoms. The van der Waals surface area contributed by atoms with Crippen molar-refractivity contribution >= 4 is 36.0 Å². The summed E-state index contributed by atoms with van der Waals surface area (Å²) in [4.78, 5) is 55.7. The molecule has 1 fully saturated rings. The first-order valence-electron chi connectivity index (χ1n) is 15.1. The van der Waals surface area contributed by atoms with E-state index in [4.69, 9.17) is 4.74 Å². The number of imide groups is 1. The van der Waals surface area contributed by atoms with Crippen molar-refractivity contribution in [2.24, 2.45) is 5.92 Å². The van der Waals surface area contributed by atoms with E-state index in [0.717, 1.165) is 27.7 Å². The van der Waals surface area contributed by atoms with Gasteiger partial charge in [0.2, 0.25) is 5.91 Å². The van der Waals surface area contributed by atoms with Crippen LogP contribution in [0.2, 0.25) is 0 Å². The lowest BCUT2D eigenvalue weighted by Gasteiger charge is -2.29. The van der Waals surface area contributed by atoms with Gasteiger partial charge in [-0.1, -0.05) is 86.7 Å². The summed E-state index contributed by atoms with van der Waals surface area (Å²) in [6, 6.07) is 18.5. The van der Waals surface area contributed by atoms with Gasteiger partial charge in [-0.25, -0.2) is 14.1 Å². The molecule has 1 aliphatic heterocycles. The number of benzene rings is 3. The van der Waals surface area contributed by atoms with Crippen molar-refractivity contribution in [3.05, 3.63) is 101 Å². The third-order valence-electron chi connectivity index (χ3n) is 8.02. The van der Waals surface area contributed by atoms with Gasteiger partial charge in [0.25, 0.3) is 5.91 Å². The number of hydrogen-bond donors (Lipinski definition) is 2. The molecule has 9 nitrogen and oxygen atoms in total. The second kappa shape index (κ2) is 14.4. The van der Waals surface area contributed by atoms with Crippen LogP contribution in [0.25, 0.3) is 12.2 Å². The molecule has 4 amide bonds. The van der Waals surface area contributed by atoms with Gasteiger partial charge in [-0.2, -0.15) is 0 Å². The minimum absolute atomic E-state index is 0.0318. The molecule has 3 aromatic carbocycles. The number of nitrogens with zero attached hydrogens (tertiary/aromatic N) is 2. The highest BCUT2D eigenvalue weighted by atomic mass is 19.1. The van der Waals surface area contributed by atoms with E-state index in [-0.39, 0.29) is 30.2 Å². The quantitative estimate of drug-likeness (QED) is 0.170. The molecule has 2 N–H and O–H groups in total. The van der Waals surface area contributed by atoms with Crippen LogP contribution in [0.5, 0.6) is 5.75 Å². The van der Waals surface area contributed by atoms with Crippen molar-refractivity contribution < 1.29 is 33.4 Å². The predicted octanol–water partition coefficient (Wildman–Crippen LogP) is 6.29. The van der Waals surface area contributed by atoms with Gasteiger partial charge >= 0.3 is 12.0 Å². The first-order chi connectivity index (χ1) is 21.8. The molecule has 0 aromatic heterocycles. The summed E-state index contributed by atoms with van der Waals surface area (Å²) in [5.41, 5.74) is 1.80. The Morgan fingerprint density at radius 3 is 2.17 bits per heavy atom. The molecule has 2 atom stereocenters. The molecule has 0 spiro atoms. The average molecular weight is 630 g/mol. The molecule has 0 bridgehead atoms. The smallest absolute Gasteiger partial charge is 0.328 e. The van der Waals surface area contributed by atoms with Crippen LogP contribution in [0.3, 0.4) is 0 Å². The molecular weight excluding hydrogens is 589 g/mol. The van der Waals surface area contributed by atoms with Gasteiger partial charge in [0.15, 0.2) is 11.6 Å². The predicted molar refractivity (Wildman–Crippen MR) is 173 cm³/mol. The van der Waals surface area contributed by atoms with Crippen molar-refractivity contribution in [2.75, 3.05) is 7.11 Å². The number of carboxylic acids is 1. The van der Waals surface area contributed by atoms with Gasteiger partial charge in [-0.15, -0.1) is 0 Å². The Bertz CT molecular complexity index is 1600. The Hall–Kier alpha value is -4.99. The Kier molecular flexibility index (Phi) is 10.6. The second-order valence-corrected chi connectivity index (χ2v) is 12.3. The first kappa shape index (κ1) is 33.9. The second-order valence-electron chi connectivity index (χ2n) is 12.3. The monoisotopic (exact) mass is 629 g/mol. The van der Waals surface area contributed by atoms with E-state index in [1.54, 1.807) is 13.8 Å². The standard InChI is InChI=1S/C36H40FN3O6/c1-23(2)19-30(33(43)38-29(21-32(41)42)27-17-18-31(46-5)28(37)20-27)40-34(44)36(3,4)39(35(40)45)22-26-15-13-25(14-16-26)12-11-24-9-7-6-8-10-24/h6-18,20,23,29-30H,19,21-22H2,1-5H3,(H,38,43)(H,41,42). The van der Waals surface area contributed by atoms with E-state index < -0.39 is 53.7 Å². The summed E-state index contributed by atoms with van der Waals surface area (Å²) in [5.74, 6) is -3.30. The van der Waals surface area contributed by atoms with Gasteiger partial charge in [0, 0.05) is 6.54 Å². The minimum atomic E-state index is -1.25. The molecule has 0 saturated carbocycles. The molecular formula is C36H40FN3O6. The van der Waals surface area contributed by atoms with Gasteiger partial charge in [-0.3, -0.25) is 14.4 Å². The fourth-order valence-corrected chi connectivity index (χ4v) is 5.45. The van der Waals surface area contributed by atoms with Crippen molar-refractivity contribution in [2.45, 2.75) is 64.7 Å². The Morgan fingerprint density at radius 1 is 0.978 bits per heavy atom. The normalized spacial score (nSPS) is 15.8. The number of carbonyl (C=O) groups is 4. The molecule has 1 saturated heterocycles. The summed E-state index contributed by atoms with van der Waals surface area (Å²) in [6.45, 7) is 7.13. The van der Waals surface area contributed by atoms with Gasteiger partial charge in [0.05, 0.1) is 19.6 Å². The molecule has 10 heteroatoms. The van der Waals surface area contributed by atoms with Crippen LogP contribution in [0, 0.1) is 11.7 Å². The lowest BCUT2D eigenvalue weighted by molar-refractivity contribution is -0.140. The molecule has 2 unspecified atom stereocenters. The maximum absolute atomic E-state index is 14.5. The minimum Gasteiger partial charge on any atom is -0.494 e. The topological polar surface area (TPSA) is 116 Å². The van der Waals surface area contributed by atoms with Crippen LogP contribution in [0.1, 0.15) is 68.8 Å². The fraction of sp³-hybridized carbons (Fsp3) is 0.333. The highest BCUT2D eigenvalue weighted by Gasteiger charge is 2.54. The van der Waals surface area contributed by atoms with Crippen LogP contribution in [-0.4, -0.2) is 57.4 Å². The molecule has 242 valence electrons. The molecule has 3 aromatic rings. The average Bonchev–Trinajstić information content (AvgIpc) is 3.18. The Balaban J connectivity index is 1.56. The van der Waals surface area contributed by atoms with Gasteiger partial charge in [0.1, 0.15) is 11.6 Å². The van der Waals surface area contributed by atoms with Crippen molar-refractivity contribution in [1.29, 1.82) is 0 Å². The molecule has 1 heterocycles. The van der Waals surface area contributed by atoms with E-state index >= 15 is 0 Å². The Labute approximate surface area is 268 Å². The number of ether oxygens (including phenoxy) is 1. The molecule has 1 aliphatic rings. The number of rotatable bonds is 13. The summed E-state index contributed by atoms with van der Waals surface area (Å²) >= 11 is 0. The summed E-state index contributed by atoms with van der Waals surface area (Å²) in [6.07, 6.45) is 3.60. The van der Waals surface area contributed by atoms with E-state index in [9.17, 15) is 28.7 Å². The maximum atomic E-state index is 14.5. The zero-order valence-electron chi connectivity index (χ0n) is 26.7. The van der Waals surface area contributed by atoms with E-state index in [2.05, 4.69) is 5.32 Å². The summed E-state index contributed by atoms with van der Waals surface area (Å²) < 4.78 is 19.5. The van der Waals surface area contributed by atoms with E-state index in [1.807, 2.05) is 80.6 Å². The number of halogens is 1. The van der Waals surface area contributed by atoms with Crippen LogP contribution in [-0.2, 0) is 20.9 Å². The van der Waals surface area contributed by atoms with Gasteiger partial charge < -0.3 is 20.1 Å². The number of urea groups is 1. The van der Waals surface area contributed by atoms with E-state index in [1.165, 1.54) is 24.1 Å².